The lowest BCUT2D eigenvalue weighted by molar-refractivity contribution is -0.385. The number of halogens is 1. The lowest BCUT2D eigenvalue weighted by atomic mass is 9.85. The molecule has 1 amide bonds. The largest absolute Gasteiger partial charge is 0.396 e. The average Bonchev–Trinajstić information content (AvgIpc) is 2.47. The third-order valence-electron chi connectivity index (χ3n) is 3.87. The molecule has 1 fully saturated rings. The lowest BCUT2D eigenvalue weighted by Gasteiger charge is -2.30. The summed E-state index contributed by atoms with van der Waals surface area (Å²) >= 11 is 5.81. The smallest absolute Gasteiger partial charge is 0.300 e. The molecule has 1 aromatic carbocycles. The number of nitrogens with zero attached hydrogens (tertiary/aromatic N) is 1. The Balaban J connectivity index is 2.20. The predicted octanol–water partition coefficient (Wildman–Crippen LogP) is 2.53. The van der Waals surface area contributed by atoms with Gasteiger partial charge in [-0.2, -0.15) is 0 Å². The number of aliphatic hydroxyl groups is 1. The number of nitro benzene ring substituents is 1. The maximum atomic E-state index is 12.3. The van der Waals surface area contributed by atoms with E-state index in [1.54, 1.807) is 0 Å². The third-order valence-corrected chi connectivity index (χ3v) is 4.18. The quantitative estimate of drug-likeness (QED) is 0.660. The Bertz CT molecular complexity index is 550. The normalized spacial score (nSPS) is 21.8. The van der Waals surface area contributed by atoms with Gasteiger partial charge in [0.2, 0.25) is 0 Å². The topological polar surface area (TPSA) is 92.5 Å². The zero-order valence-corrected chi connectivity index (χ0v) is 12.2. The summed E-state index contributed by atoms with van der Waals surface area (Å²) in [4.78, 5) is 22.7. The predicted molar refractivity (Wildman–Crippen MR) is 78.4 cm³/mol. The molecule has 0 aromatic heterocycles. The van der Waals surface area contributed by atoms with Crippen molar-refractivity contribution in [3.8, 4) is 0 Å². The van der Waals surface area contributed by atoms with Crippen LogP contribution in [0.4, 0.5) is 5.69 Å². The molecule has 0 saturated heterocycles. The van der Waals surface area contributed by atoms with E-state index in [0.29, 0.717) is 0 Å². The Morgan fingerprint density at radius 1 is 1.43 bits per heavy atom. The van der Waals surface area contributed by atoms with E-state index < -0.39 is 10.8 Å². The number of nitro groups is 1. The Morgan fingerprint density at radius 2 is 2.14 bits per heavy atom. The molecule has 2 N–H and O–H groups in total. The number of carbonyl (C=O) groups is 1. The van der Waals surface area contributed by atoms with Gasteiger partial charge >= 0.3 is 5.69 Å². The van der Waals surface area contributed by atoms with Crippen LogP contribution in [-0.4, -0.2) is 28.6 Å². The van der Waals surface area contributed by atoms with Gasteiger partial charge < -0.3 is 10.4 Å². The van der Waals surface area contributed by atoms with Crippen molar-refractivity contribution in [3.63, 3.8) is 0 Å². The molecule has 0 spiro atoms. The van der Waals surface area contributed by atoms with Gasteiger partial charge in [0.25, 0.3) is 5.91 Å². The van der Waals surface area contributed by atoms with Crippen LogP contribution in [0.3, 0.4) is 0 Å². The van der Waals surface area contributed by atoms with Gasteiger partial charge in [0.05, 0.1) is 4.92 Å². The van der Waals surface area contributed by atoms with Crippen molar-refractivity contribution in [2.45, 2.75) is 31.7 Å². The van der Waals surface area contributed by atoms with Gasteiger partial charge in [0.1, 0.15) is 10.6 Å². The Morgan fingerprint density at radius 3 is 2.81 bits per heavy atom. The van der Waals surface area contributed by atoms with Crippen LogP contribution in [0, 0.1) is 16.0 Å². The first kappa shape index (κ1) is 15.7. The lowest BCUT2D eigenvalue weighted by Crippen LogP contribution is -2.43. The summed E-state index contributed by atoms with van der Waals surface area (Å²) in [6, 6.07) is 4.12. The van der Waals surface area contributed by atoms with E-state index in [1.807, 2.05) is 0 Å². The van der Waals surface area contributed by atoms with E-state index in [0.717, 1.165) is 25.7 Å². The second kappa shape index (κ2) is 6.87. The van der Waals surface area contributed by atoms with Gasteiger partial charge in [-0.25, -0.2) is 0 Å². The van der Waals surface area contributed by atoms with E-state index in [1.165, 1.54) is 18.2 Å². The van der Waals surface area contributed by atoms with Crippen LogP contribution in [-0.2, 0) is 0 Å². The van der Waals surface area contributed by atoms with Crippen LogP contribution < -0.4 is 5.32 Å². The maximum Gasteiger partial charge on any atom is 0.300 e. The summed E-state index contributed by atoms with van der Waals surface area (Å²) in [5.74, 6) is -0.518. The SMILES string of the molecule is O=C(NC1CCCCC1CO)c1cccc(Cl)c1[N+](=O)[O-]. The number of nitrogens with one attached hydrogen (secondary N) is 1. The molecule has 0 aliphatic heterocycles. The maximum absolute atomic E-state index is 12.3. The van der Waals surface area contributed by atoms with Crippen molar-refractivity contribution in [1.29, 1.82) is 0 Å². The molecule has 1 aliphatic rings. The standard InChI is InChI=1S/C14H17ClN2O4/c15-11-6-3-5-10(13(11)17(20)21)14(19)16-12-7-2-1-4-9(12)8-18/h3,5-6,9,12,18H,1-2,4,7-8H2,(H,16,19). The summed E-state index contributed by atoms with van der Waals surface area (Å²) < 4.78 is 0. The number of para-hydroxylation sites is 1. The molecule has 1 saturated carbocycles. The van der Waals surface area contributed by atoms with Gasteiger partial charge in [-0.3, -0.25) is 14.9 Å². The first-order chi connectivity index (χ1) is 10.0. The minimum absolute atomic E-state index is 0.000871. The van der Waals surface area contributed by atoms with Gasteiger partial charge in [-0.05, 0) is 25.0 Å². The molecule has 114 valence electrons. The Kier molecular flexibility index (Phi) is 5.14. The molecule has 21 heavy (non-hydrogen) atoms. The van der Waals surface area contributed by atoms with Crippen LogP contribution in [0.15, 0.2) is 18.2 Å². The molecule has 0 bridgehead atoms. The summed E-state index contributed by atoms with van der Waals surface area (Å²) in [5.41, 5.74) is -0.428. The Hall–Kier alpha value is -1.66. The van der Waals surface area contributed by atoms with Gasteiger partial charge in [-0.15, -0.1) is 0 Å². The van der Waals surface area contributed by atoms with Crippen molar-refractivity contribution in [2.75, 3.05) is 6.61 Å². The van der Waals surface area contributed by atoms with Crippen LogP contribution in [0.5, 0.6) is 0 Å². The second-order valence-electron chi connectivity index (χ2n) is 5.20. The molecule has 7 heteroatoms. The number of benzene rings is 1. The molecule has 0 heterocycles. The number of aliphatic hydroxyl groups excluding tert-OH is 1. The zero-order chi connectivity index (χ0) is 15.4. The molecule has 0 radical (unpaired) electrons. The van der Waals surface area contributed by atoms with Crippen molar-refractivity contribution in [1.82, 2.24) is 5.32 Å². The highest BCUT2D eigenvalue weighted by Gasteiger charge is 2.29. The van der Waals surface area contributed by atoms with Crippen LogP contribution in [0.2, 0.25) is 5.02 Å². The number of rotatable bonds is 4. The number of hydrogen-bond acceptors (Lipinski definition) is 4. The average molecular weight is 313 g/mol. The molecule has 6 nitrogen and oxygen atoms in total. The van der Waals surface area contributed by atoms with E-state index in [4.69, 9.17) is 11.6 Å². The second-order valence-corrected chi connectivity index (χ2v) is 5.61. The fraction of sp³-hybridized carbons (Fsp3) is 0.500. The Labute approximate surface area is 127 Å². The van der Waals surface area contributed by atoms with Crippen LogP contribution >= 0.6 is 11.6 Å². The molecule has 1 aromatic rings. The fourth-order valence-corrected chi connectivity index (χ4v) is 2.99. The first-order valence-corrected chi connectivity index (χ1v) is 7.27. The van der Waals surface area contributed by atoms with E-state index in [9.17, 15) is 20.0 Å². The number of amides is 1. The molecule has 2 rings (SSSR count). The van der Waals surface area contributed by atoms with Crippen molar-refractivity contribution in [3.05, 3.63) is 38.9 Å². The summed E-state index contributed by atoms with van der Waals surface area (Å²) in [6.45, 7) is 0.00257. The highest BCUT2D eigenvalue weighted by Crippen LogP contribution is 2.29. The van der Waals surface area contributed by atoms with Crippen molar-refractivity contribution < 1.29 is 14.8 Å². The molecular formula is C14H17ClN2O4. The van der Waals surface area contributed by atoms with E-state index >= 15 is 0 Å². The minimum atomic E-state index is -0.651. The summed E-state index contributed by atoms with van der Waals surface area (Å²) in [6.07, 6.45) is 3.61. The zero-order valence-electron chi connectivity index (χ0n) is 11.4. The highest BCUT2D eigenvalue weighted by atomic mass is 35.5. The molecule has 2 unspecified atom stereocenters. The highest BCUT2D eigenvalue weighted by molar-refractivity contribution is 6.33. The number of carbonyl (C=O) groups excluding carboxylic acids is 1. The summed E-state index contributed by atoms with van der Waals surface area (Å²) in [7, 11) is 0. The monoisotopic (exact) mass is 312 g/mol. The molecular weight excluding hydrogens is 296 g/mol. The van der Waals surface area contributed by atoms with Crippen molar-refractivity contribution >= 4 is 23.2 Å². The third kappa shape index (κ3) is 3.51. The van der Waals surface area contributed by atoms with E-state index in [2.05, 4.69) is 5.32 Å². The van der Waals surface area contributed by atoms with E-state index in [-0.39, 0.29) is 34.8 Å². The van der Waals surface area contributed by atoms with Crippen molar-refractivity contribution in [2.24, 2.45) is 5.92 Å². The summed E-state index contributed by atoms with van der Waals surface area (Å²) in [5, 5.41) is 23.1. The fourth-order valence-electron chi connectivity index (χ4n) is 2.75. The number of hydrogen-bond donors (Lipinski definition) is 2. The van der Waals surface area contributed by atoms with Gasteiger partial charge in [-0.1, -0.05) is 30.5 Å². The van der Waals surface area contributed by atoms with Gasteiger partial charge in [0.15, 0.2) is 0 Å². The van der Waals surface area contributed by atoms with Gasteiger partial charge in [0, 0.05) is 18.6 Å². The molecule has 1 aliphatic carbocycles. The molecule has 2 atom stereocenters. The minimum Gasteiger partial charge on any atom is -0.396 e. The first-order valence-electron chi connectivity index (χ1n) is 6.89. The van der Waals surface area contributed by atoms with Crippen LogP contribution in [0.1, 0.15) is 36.0 Å². The van der Waals surface area contributed by atoms with Crippen LogP contribution in [0.25, 0.3) is 0 Å².